The van der Waals surface area contributed by atoms with Crippen molar-refractivity contribution in [2.75, 3.05) is 18.1 Å². The largest absolute Gasteiger partial charge is 0.508 e. The van der Waals surface area contributed by atoms with Gasteiger partial charge < -0.3 is 15.1 Å². The minimum Gasteiger partial charge on any atom is -0.508 e. The van der Waals surface area contributed by atoms with Crippen molar-refractivity contribution in [3.8, 4) is 5.75 Å². The standard InChI is InChI=1S/C11H12BrNO3/c12-9-2-1-8(15)4-10(9)13-5-7(6-14)3-11(13)16/h1-2,4,7,14-15H,3,5-6H2. The highest BCUT2D eigenvalue weighted by Crippen LogP contribution is 2.33. The first-order valence-electron chi connectivity index (χ1n) is 5.01. The number of nitrogens with zero attached hydrogens (tertiary/aromatic N) is 1. The van der Waals surface area contributed by atoms with Crippen LogP contribution in [0.25, 0.3) is 0 Å². The normalized spacial score (nSPS) is 20.5. The number of aromatic hydroxyl groups is 1. The molecule has 0 aromatic heterocycles. The van der Waals surface area contributed by atoms with Crippen LogP contribution < -0.4 is 4.90 Å². The molecule has 0 saturated carbocycles. The number of carbonyl (C=O) groups excluding carboxylic acids is 1. The van der Waals surface area contributed by atoms with Crippen LogP contribution in [0.15, 0.2) is 22.7 Å². The van der Waals surface area contributed by atoms with Gasteiger partial charge in [0.2, 0.25) is 5.91 Å². The second kappa shape index (κ2) is 4.43. The number of phenolic OH excluding ortho intramolecular Hbond substituents is 1. The first-order valence-corrected chi connectivity index (χ1v) is 5.81. The summed E-state index contributed by atoms with van der Waals surface area (Å²) >= 11 is 3.34. The lowest BCUT2D eigenvalue weighted by atomic mass is 10.1. The van der Waals surface area contributed by atoms with Crippen molar-refractivity contribution in [1.29, 1.82) is 0 Å². The van der Waals surface area contributed by atoms with Crippen LogP contribution in [0.2, 0.25) is 0 Å². The molecule has 4 nitrogen and oxygen atoms in total. The van der Waals surface area contributed by atoms with Gasteiger partial charge >= 0.3 is 0 Å². The molecule has 1 atom stereocenters. The Labute approximate surface area is 102 Å². The Bertz CT molecular complexity index is 422. The summed E-state index contributed by atoms with van der Waals surface area (Å²) in [5.41, 5.74) is 0.654. The molecular weight excluding hydrogens is 274 g/mol. The van der Waals surface area contributed by atoms with Crippen molar-refractivity contribution in [3.63, 3.8) is 0 Å². The quantitative estimate of drug-likeness (QED) is 0.866. The number of benzene rings is 1. The Morgan fingerprint density at radius 1 is 1.50 bits per heavy atom. The lowest BCUT2D eigenvalue weighted by Crippen LogP contribution is -2.25. The van der Waals surface area contributed by atoms with Gasteiger partial charge in [0.15, 0.2) is 0 Å². The van der Waals surface area contributed by atoms with Gasteiger partial charge in [-0.3, -0.25) is 4.79 Å². The fourth-order valence-electron chi connectivity index (χ4n) is 1.84. The molecule has 86 valence electrons. The van der Waals surface area contributed by atoms with E-state index in [0.29, 0.717) is 18.7 Å². The third-order valence-corrected chi connectivity index (χ3v) is 3.35. The Hall–Kier alpha value is -1.07. The van der Waals surface area contributed by atoms with Gasteiger partial charge in [0, 0.05) is 36.0 Å². The van der Waals surface area contributed by atoms with E-state index in [-0.39, 0.29) is 24.2 Å². The van der Waals surface area contributed by atoms with E-state index in [1.165, 1.54) is 0 Å². The average molecular weight is 286 g/mol. The molecule has 0 radical (unpaired) electrons. The highest BCUT2D eigenvalue weighted by Gasteiger charge is 2.31. The zero-order chi connectivity index (χ0) is 11.7. The van der Waals surface area contributed by atoms with Gasteiger partial charge in [0.05, 0.1) is 5.69 Å². The van der Waals surface area contributed by atoms with E-state index in [9.17, 15) is 9.90 Å². The maximum absolute atomic E-state index is 11.7. The van der Waals surface area contributed by atoms with E-state index in [4.69, 9.17) is 5.11 Å². The molecule has 1 unspecified atom stereocenters. The van der Waals surface area contributed by atoms with Gasteiger partial charge in [-0.15, -0.1) is 0 Å². The fraction of sp³-hybridized carbons (Fsp3) is 0.364. The van der Waals surface area contributed by atoms with Gasteiger partial charge in [-0.2, -0.15) is 0 Å². The summed E-state index contributed by atoms with van der Waals surface area (Å²) < 4.78 is 0.761. The lowest BCUT2D eigenvalue weighted by molar-refractivity contribution is -0.117. The number of aliphatic hydroxyl groups is 1. The van der Waals surface area contributed by atoms with Gasteiger partial charge in [-0.1, -0.05) is 0 Å². The number of carbonyl (C=O) groups is 1. The Balaban J connectivity index is 2.30. The molecule has 0 bridgehead atoms. The molecule has 0 spiro atoms. The predicted molar refractivity (Wildman–Crippen MR) is 63.4 cm³/mol. The van der Waals surface area contributed by atoms with Gasteiger partial charge in [-0.05, 0) is 28.1 Å². The number of hydrogen-bond donors (Lipinski definition) is 2. The minimum absolute atomic E-state index is 0.0123. The predicted octanol–water partition coefficient (Wildman–Crippen LogP) is 1.50. The molecule has 16 heavy (non-hydrogen) atoms. The molecular formula is C11H12BrNO3. The van der Waals surface area contributed by atoms with Crippen molar-refractivity contribution < 1.29 is 15.0 Å². The van der Waals surface area contributed by atoms with Crippen LogP contribution in [0.4, 0.5) is 5.69 Å². The molecule has 2 rings (SSSR count). The average Bonchev–Trinajstić information content (AvgIpc) is 2.63. The van der Waals surface area contributed by atoms with Crippen molar-refractivity contribution in [2.45, 2.75) is 6.42 Å². The Morgan fingerprint density at radius 3 is 2.88 bits per heavy atom. The summed E-state index contributed by atoms with van der Waals surface area (Å²) in [4.78, 5) is 13.3. The van der Waals surface area contributed by atoms with E-state index in [1.807, 2.05) is 0 Å². The van der Waals surface area contributed by atoms with Crippen LogP contribution in [0.1, 0.15) is 6.42 Å². The van der Waals surface area contributed by atoms with Crippen molar-refractivity contribution in [2.24, 2.45) is 5.92 Å². The number of amides is 1. The molecule has 1 fully saturated rings. The molecule has 1 amide bonds. The Morgan fingerprint density at radius 2 is 2.25 bits per heavy atom. The summed E-state index contributed by atoms with van der Waals surface area (Å²) in [6, 6.07) is 4.80. The second-order valence-electron chi connectivity index (χ2n) is 3.89. The number of aliphatic hydroxyl groups excluding tert-OH is 1. The molecule has 0 aliphatic carbocycles. The van der Waals surface area contributed by atoms with Gasteiger partial charge in [0.25, 0.3) is 0 Å². The summed E-state index contributed by atoms with van der Waals surface area (Å²) in [5.74, 6) is 0.0885. The van der Waals surface area contributed by atoms with E-state index in [1.54, 1.807) is 23.1 Å². The minimum atomic E-state index is -0.0228. The monoisotopic (exact) mass is 285 g/mol. The van der Waals surface area contributed by atoms with Crippen molar-refractivity contribution in [1.82, 2.24) is 0 Å². The van der Waals surface area contributed by atoms with Gasteiger partial charge in [0.1, 0.15) is 5.75 Å². The summed E-state index contributed by atoms with van der Waals surface area (Å²) in [5, 5.41) is 18.4. The third-order valence-electron chi connectivity index (χ3n) is 2.68. The SMILES string of the molecule is O=C1CC(CO)CN1c1cc(O)ccc1Br. The number of halogens is 1. The molecule has 1 heterocycles. The fourth-order valence-corrected chi connectivity index (χ4v) is 2.31. The molecule has 1 aliphatic heterocycles. The van der Waals surface area contributed by atoms with E-state index < -0.39 is 0 Å². The van der Waals surface area contributed by atoms with Crippen LogP contribution in [0, 0.1) is 5.92 Å². The molecule has 1 aromatic rings. The van der Waals surface area contributed by atoms with E-state index >= 15 is 0 Å². The first-order chi connectivity index (χ1) is 7.61. The highest BCUT2D eigenvalue weighted by molar-refractivity contribution is 9.10. The van der Waals surface area contributed by atoms with Crippen LogP contribution in [-0.2, 0) is 4.79 Å². The van der Waals surface area contributed by atoms with E-state index in [0.717, 1.165) is 4.47 Å². The summed E-state index contributed by atoms with van der Waals surface area (Å²) in [6.45, 7) is 0.510. The highest BCUT2D eigenvalue weighted by atomic mass is 79.9. The number of anilines is 1. The number of phenols is 1. The number of rotatable bonds is 2. The van der Waals surface area contributed by atoms with Crippen LogP contribution in [0.5, 0.6) is 5.75 Å². The zero-order valence-corrected chi connectivity index (χ0v) is 10.1. The second-order valence-corrected chi connectivity index (χ2v) is 4.75. The van der Waals surface area contributed by atoms with Gasteiger partial charge in [-0.25, -0.2) is 0 Å². The number of hydrogen-bond acceptors (Lipinski definition) is 3. The van der Waals surface area contributed by atoms with Crippen LogP contribution in [-0.4, -0.2) is 29.3 Å². The first kappa shape index (κ1) is 11.4. The molecule has 5 heteroatoms. The summed E-state index contributed by atoms with van der Waals surface area (Å²) in [7, 11) is 0. The Kier molecular flexibility index (Phi) is 3.16. The third kappa shape index (κ3) is 2.05. The molecule has 1 saturated heterocycles. The maximum atomic E-state index is 11.7. The zero-order valence-electron chi connectivity index (χ0n) is 8.56. The molecule has 2 N–H and O–H groups in total. The molecule has 1 aliphatic rings. The van der Waals surface area contributed by atoms with E-state index in [2.05, 4.69) is 15.9 Å². The topological polar surface area (TPSA) is 60.8 Å². The maximum Gasteiger partial charge on any atom is 0.227 e. The smallest absolute Gasteiger partial charge is 0.227 e. The van der Waals surface area contributed by atoms with Crippen LogP contribution in [0.3, 0.4) is 0 Å². The summed E-state index contributed by atoms with van der Waals surface area (Å²) in [6.07, 6.45) is 0.360. The van der Waals surface area contributed by atoms with Crippen molar-refractivity contribution >= 4 is 27.5 Å². The molecule has 1 aromatic carbocycles. The lowest BCUT2D eigenvalue weighted by Gasteiger charge is -2.18. The van der Waals surface area contributed by atoms with Crippen molar-refractivity contribution in [3.05, 3.63) is 22.7 Å². The van der Waals surface area contributed by atoms with Crippen LogP contribution >= 0.6 is 15.9 Å².